The lowest BCUT2D eigenvalue weighted by atomic mass is 9.75. The van der Waals surface area contributed by atoms with Crippen LogP contribution in [-0.2, 0) is 22.4 Å². The average molecular weight is 468 g/mol. The Bertz CT molecular complexity index is 998. The van der Waals surface area contributed by atoms with Crippen LogP contribution in [0.3, 0.4) is 0 Å². The molecule has 4 nitrogen and oxygen atoms in total. The molecule has 156 valence electrons. The van der Waals surface area contributed by atoms with Gasteiger partial charge in [0.2, 0.25) is 0 Å². The molecule has 1 saturated heterocycles. The van der Waals surface area contributed by atoms with Crippen LogP contribution in [0.15, 0.2) is 59.1 Å². The van der Waals surface area contributed by atoms with E-state index in [1.807, 2.05) is 18.2 Å². The summed E-state index contributed by atoms with van der Waals surface area (Å²) in [4.78, 5) is 25.1. The number of carbonyl (C=O) groups is 2. The van der Waals surface area contributed by atoms with Gasteiger partial charge in [-0.25, -0.2) is 0 Å². The van der Waals surface area contributed by atoms with Crippen molar-refractivity contribution in [1.82, 2.24) is 5.32 Å². The van der Waals surface area contributed by atoms with Gasteiger partial charge in [0.25, 0.3) is 5.91 Å². The van der Waals surface area contributed by atoms with E-state index < -0.39 is 5.41 Å². The van der Waals surface area contributed by atoms with Gasteiger partial charge in [0.1, 0.15) is 0 Å². The van der Waals surface area contributed by atoms with E-state index >= 15 is 0 Å². The number of nitrogens with one attached hydrogen (secondary N) is 1. The molecule has 1 saturated carbocycles. The lowest BCUT2D eigenvalue weighted by Crippen LogP contribution is -2.31. The van der Waals surface area contributed by atoms with Crippen LogP contribution in [0.5, 0.6) is 0 Å². The largest absolute Gasteiger partial charge is 0.465 e. The van der Waals surface area contributed by atoms with Crippen LogP contribution < -0.4 is 5.32 Å². The third kappa shape index (κ3) is 4.08. The summed E-state index contributed by atoms with van der Waals surface area (Å²) in [7, 11) is 0. The first-order valence-electron chi connectivity index (χ1n) is 10.3. The van der Waals surface area contributed by atoms with Crippen LogP contribution in [0.1, 0.15) is 39.9 Å². The molecule has 0 aromatic heterocycles. The molecule has 0 bridgehead atoms. The lowest BCUT2D eigenvalue weighted by Gasteiger charge is -2.24. The monoisotopic (exact) mass is 467 g/mol. The number of fused-ring (bicyclic) bond motifs is 1. The van der Waals surface area contributed by atoms with E-state index in [1.54, 1.807) is 0 Å². The molecule has 5 heteroatoms. The second-order valence-electron chi connectivity index (χ2n) is 8.56. The second kappa shape index (κ2) is 8.38. The molecule has 2 aromatic rings. The van der Waals surface area contributed by atoms with E-state index in [0.717, 1.165) is 28.5 Å². The van der Waals surface area contributed by atoms with Gasteiger partial charge in [-0.1, -0.05) is 48.0 Å². The first kappa shape index (κ1) is 20.9. The maximum atomic E-state index is 12.6. The minimum atomic E-state index is -0.492. The molecule has 1 aliphatic carbocycles. The summed E-state index contributed by atoms with van der Waals surface area (Å²) in [5.74, 6) is -0.00711. The van der Waals surface area contributed by atoms with Crippen molar-refractivity contribution in [3.05, 3.63) is 81.3 Å². The molecule has 1 amide bonds. The number of benzene rings is 2. The van der Waals surface area contributed by atoms with Crippen molar-refractivity contribution in [2.24, 2.45) is 11.3 Å². The number of aryl methyl sites for hydroxylation is 1. The highest BCUT2D eigenvalue weighted by Crippen LogP contribution is 2.52. The highest BCUT2D eigenvalue weighted by molar-refractivity contribution is 9.10. The number of carbonyl (C=O) groups excluding carboxylic acids is 2. The van der Waals surface area contributed by atoms with E-state index in [4.69, 9.17) is 4.74 Å². The number of amides is 1. The zero-order chi connectivity index (χ0) is 21.3. The van der Waals surface area contributed by atoms with Crippen molar-refractivity contribution >= 4 is 27.8 Å². The Balaban J connectivity index is 1.40. The first-order chi connectivity index (χ1) is 14.4. The summed E-state index contributed by atoms with van der Waals surface area (Å²) >= 11 is 3.54. The normalized spacial score (nSPS) is 22.7. The van der Waals surface area contributed by atoms with Crippen molar-refractivity contribution < 1.29 is 14.3 Å². The number of halogens is 1. The minimum absolute atomic E-state index is 0.105. The summed E-state index contributed by atoms with van der Waals surface area (Å²) in [6.07, 6.45) is 2.95. The van der Waals surface area contributed by atoms with Crippen molar-refractivity contribution in [3.8, 4) is 0 Å². The average Bonchev–Trinajstić information content (AvgIpc) is 3.17. The molecule has 2 unspecified atom stereocenters. The van der Waals surface area contributed by atoms with E-state index in [9.17, 15) is 9.59 Å². The maximum Gasteiger partial charge on any atom is 0.313 e. The number of esters is 1. The van der Waals surface area contributed by atoms with Gasteiger partial charge in [0.15, 0.2) is 0 Å². The third-order valence-electron chi connectivity index (χ3n) is 6.32. The second-order valence-corrected chi connectivity index (χ2v) is 9.42. The van der Waals surface area contributed by atoms with E-state index in [1.165, 1.54) is 11.1 Å². The molecule has 4 rings (SSSR count). The molecule has 1 heterocycles. The van der Waals surface area contributed by atoms with Crippen LogP contribution >= 0.6 is 15.9 Å². The Morgan fingerprint density at radius 1 is 1.23 bits per heavy atom. The van der Waals surface area contributed by atoms with Crippen LogP contribution in [-0.4, -0.2) is 25.0 Å². The number of hydrogen-bond acceptors (Lipinski definition) is 3. The van der Waals surface area contributed by atoms with E-state index in [-0.39, 0.29) is 17.8 Å². The third-order valence-corrected chi connectivity index (χ3v) is 6.98. The molecule has 1 N–H and O–H groups in total. The molecule has 2 aromatic carbocycles. The summed E-state index contributed by atoms with van der Waals surface area (Å²) in [5.41, 5.74) is 4.68. The van der Waals surface area contributed by atoms with Gasteiger partial charge in [-0.05, 0) is 71.8 Å². The molecule has 30 heavy (non-hydrogen) atoms. The zero-order valence-electron chi connectivity index (χ0n) is 17.2. The van der Waals surface area contributed by atoms with Gasteiger partial charge in [0.05, 0.1) is 17.6 Å². The Hall–Kier alpha value is -2.40. The fourth-order valence-corrected chi connectivity index (χ4v) is 5.26. The van der Waals surface area contributed by atoms with Crippen LogP contribution in [0, 0.1) is 18.3 Å². The van der Waals surface area contributed by atoms with Gasteiger partial charge < -0.3 is 10.1 Å². The number of allylic oxidation sites excluding steroid dienone is 1. The summed E-state index contributed by atoms with van der Waals surface area (Å²) in [5, 5.41) is 2.99. The number of hydrogen-bond donors (Lipinski definition) is 1. The molecule has 2 atom stereocenters. The quantitative estimate of drug-likeness (QED) is 0.491. The first-order valence-corrected chi connectivity index (χ1v) is 11.1. The highest BCUT2D eigenvalue weighted by atomic mass is 79.9. The number of ether oxygens (including phenoxy) is 1. The molecule has 2 fully saturated rings. The van der Waals surface area contributed by atoms with Gasteiger partial charge >= 0.3 is 5.97 Å². The van der Waals surface area contributed by atoms with Gasteiger partial charge in [0, 0.05) is 16.9 Å². The van der Waals surface area contributed by atoms with Crippen LogP contribution in [0.25, 0.3) is 0 Å². The highest BCUT2D eigenvalue weighted by Gasteiger charge is 2.55. The van der Waals surface area contributed by atoms with E-state index in [2.05, 4.69) is 59.0 Å². The van der Waals surface area contributed by atoms with Crippen molar-refractivity contribution in [2.75, 3.05) is 13.2 Å². The van der Waals surface area contributed by atoms with Crippen molar-refractivity contribution in [1.29, 1.82) is 0 Å². The Morgan fingerprint density at radius 2 is 1.97 bits per heavy atom. The molecule has 0 spiro atoms. The van der Waals surface area contributed by atoms with Crippen molar-refractivity contribution in [3.63, 3.8) is 0 Å². The van der Waals surface area contributed by atoms with Gasteiger partial charge in [-0.3, -0.25) is 9.59 Å². The van der Waals surface area contributed by atoms with Gasteiger partial charge in [-0.15, -0.1) is 0 Å². The van der Waals surface area contributed by atoms with Crippen LogP contribution in [0.2, 0.25) is 0 Å². The predicted molar refractivity (Wildman–Crippen MR) is 120 cm³/mol. The van der Waals surface area contributed by atoms with Crippen LogP contribution in [0.4, 0.5) is 0 Å². The summed E-state index contributed by atoms with van der Waals surface area (Å²) < 4.78 is 6.11. The molecular weight excluding hydrogens is 442 g/mol. The zero-order valence-corrected chi connectivity index (χ0v) is 18.8. The lowest BCUT2D eigenvalue weighted by molar-refractivity contribution is -0.146. The number of rotatable bonds is 6. The fourth-order valence-electron chi connectivity index (χ4n) is 4.65. The summed E-state index contributed by atoms with van der Waals surface area (Å²) in [6, 6.07) is 14.1. The molecular formula is C25H26BrNO3. The topological polar surface area (TPSA) is 55.4 Å². The molecule has 1 aliphatic heterocycles. The minimum Gasteiger partial charge on any atom is -0.465 e. The number of cyclic esters (lactones) is 1. The maximum absolute atomic E-state index is 12.6. The predicted octanol–water partition coefficient (Wildman–Crippen LogP) is 4.78. The molecule has 2 aliphatic rings. The van der Waals surface area contributed by atoms with Gasteiger partial charge in [-0.2, -0.15) is 0 Å². The van der Waals surface area contributed by atoms with Crippen molar-refractivity contribution in [2.45, 2.75) is 32.6 Å². The molecule has 0 radical (unpaired) electrons. The Kier molecular flexibility index (Phi) is 5.83. The Labute approximate surface area is 185 Å². The fraction of sp³-hybridized carbons (Fsp3) is 0.360. The van der Waals surface area contributed by atoms with E-state index in [0.29, 0.717) is 31.6 Å². The SMILES string of the molecule is C=C1CC2COC(=O)C2(Cc2ccc(C(=O)NCCc3ccc(C)cc3)c(Br)c2)C1. The smallest absolute Gasteiger partial charge is 0.313 e. The summed E-state index contributed by atoms with van der Waals surface area (Å²) in [6.45, 7) is 7.22. The Morgan fingerprint density at radius 3 is 2.70 bits per heavy atom. The standard InChI is InChI=1S/C25H26BrNO3/c1-16-3-5-18(6-4-16)9-10-27-23(28)21-8-7-19(12-22(21)26)14-25-13-17(2)11-20(25)15-30-24(25)29/h3-8,12,20H,2,9-11,13-15H2,1H3,(H,27,28).